The molecule has 0 aromatic rings. The van der Waals surface area contributed by atoms with Crippen molar-refractivity contribution < 1.29 is 24.9 Å². The van der Waals surface area contributed by atoms with Crippen LogP contribution in [0, 0.1) is 0 Å². The van der Waals surface area contributed by atoms with E-state index in [9.17, 15) is 14.7 Å². The molecule has 98 valence electrons. The summed E-state index contributed by atoms with van der Waals surface area (Å²) >= 11 is 0. The molecule has 0 radical (unpaired) electrons. The van der Waals surface area contributed by atoms with Gasteiger partial charge in [-0.3, -0.25) is 0 Å². The normalized spacial score (nSPS) is 18.3. The highest BCUT2D eigenvalue weighted by atomic mass is 16.4. The lowest BCUT2D eigenvalue weighted by Crippen LogP contribution is -2.53. The number of aliphatic hydroxyl groups is 2. The van der Waals surface area contributed by atoms with E-state index in [0.717, 1.165) is 12.8 Å². The molecule has 1 rings (SSSR count). The molecule has 7 nitrogen and oxygen atoms in total. The third-order valence-corrected chi connectivity index (χ3v) is 2.62. The first-order valence-electron chi connectivity index (χ1n) is 5.56. The Kier molecular flexibility index (Phi) is 4.71. The van der Waals surface area contributed by atoms with E-state index >= 15 is 0 Å². The van der Waals surface area contributed by atoms with Crippen LogP contribution in [-0.2, 0) is 4.79 Å². The number of aliphatic carboxylic acids is 1. The monoisotopic (exact) mass is 246 g/mol. The van der Waals surface area contributed by atoms with E-state index in [4.69, 9.17) is 10.2 Å². The predicted octanol–water partition coefficient (Wildman–Crippen LogP) is -1.01. The summed E-state index contributed by atoms with van der Waals surface area (Å²) in [7, 11) is 0. The minimum absolute atomic E-state index is 0.0746. The average molecular weight is 246 g/mol. The van der Waals surface area contributed by atoms with Crippen molar-refractivity contribution in [1.82, 2.24) is 10.2 Å². The second kappa shape index (κ2) is 5.83. The fraction of sp³-hybridized carbons (Fsp3) is 0.800. The van der Waals surface area contributed by atoms with Gasteiger partial charge in [-0.05, 0) is 19.8 Å². The van der Waals surface area contributed by atoms with Gasteiger partial charge in [0.2, 0.25) is 0 Å². The lowest BCUT2D eigenvalue weighted by molar-refractivity contribution is -0.141. The molecule has 0 bridgehead atoms. The Morgan fingerprint density at radius 3 is 2.41 bits per heavy atom. The average Bonchev–Trinajstić information content (AvgIpc) is 3.04. The molecular weight excluding hydrogens is 228 g/mol. The maximum absolute atomic E-state index is 11.8. The predicted molar refractivity (Wildman–Crippen MR) is 58.5 cm³/mol. The van der Waals surface area contributed by atoms with Crippen molar-refractivity contribution in [1.29, 1.82) is 0 Å². The number of carboxylic acids is 1. The topological polar surface area (TPSA) is 110 Å². The molecule has 0 unspecified atom stereocenters. The van der Waals surface area contributed by atoms with E-state index in [2.05, 4.69) is 5.32 Å². The van der Waals surface area contributed by atoms with E-state index in [1.807, 2.05) is 0 Å². The standard InChI is InChI=1S/C10H18N2O5/c1-6(14)8(9(15)16)11-10(17)12(4-5-13)7-2-3-7/h6-8,13-14H,2-5H2,1H3,(H,11,17)(H,15,16)/t6-,8+/m1/s1. The van der Waals surface area contributed by atoms with E-state index in [0.29, 0.717) is 0 Å². The molecule has 0 aliphatic heterocycles. The van der Waals surface area contributed by atoms with Gasteiger partial charge < -0.3 is 25.5 Å². The van der Waals surface area contributed by atoms with Gasteiger partial charge in [-0.2, -0.15) is 0 Å². The maximum Gasteiger partial charge on any atom is 0.328 e. The molecule has 1 saturated carbocycles. The molecule has 0 saturated heterocycles. The summed E-state index contributed by atoms with van der Waals surface area (Å²) in [5.74, 6) is -1.28. The zero-order valence-electron chi connectivity index (χ0n) is 9.67. The Hall–Kier alpha value is -1.34. The number of nitrogens with zero attached hydrogens (tertiary/aromatic N) is 1. The summed E-state index contributed by atoms with van der Waals surface area (Å²) in [6.07, 6.45) is 0.547. The molecular formula is C10H18N2O5. The molecule has 0 heterocycles. The van der Waals surface area contributed by atoms with Crippen LogP contribution in [0.4, 0.5) is 4.79 Å². The number of nitrogens with one attached hydrogen (secondary N) is 1. The van der Waals surface area contributed by atoms with Gasteiger partial charge in [0.05, 0.1) is 12.7 Å². The Bertz CT molecular complexity index is 290. The Morgan fingerprint density at radius 1 is 1.47 bits per heavy atom. The minimum Gasteiger partial charge on any atom is -0.480 e. The number of aliphatic hydroxyl groups excluding tert-OH is 2. The van der Waals surface area contributed by atoms with Crippen LogP contribution in [0.5, 0.6) is 0 Å². The first kappa shape index (κ1) is 13.7. The SMILES string of the molecule is C[C@@H](O)[C@H](NC(=O)N(CCO)C1CC1)C(=O)O. The van der Waals surface area contributed by atoms with Crippen molar-refractivity contribution >= 4 is 12.0 Å². The highest BCUT2D eigenvalue weighted by Crippen LogP contribution is 2.26. The Labute approximate surface area is 99.0 Å². The fourth-order valence-corrected chi connectivity index (χ4v) is 1.55. The molecule has 4 N–H and O–H groups in total. The molecule has 2 atom stereocenters. The molecule has 1 fully saturated rings. The van der Waals surface area contributed by atoms with E-state index in [-0.39, 0.29) is 19.2 Å². The fourth-order valence-electron chi connectivity index (χ4n) is 1.55. The Morgan fingerprint density at radius 2 is 2.06 bits per heavy atom. The minimum atomic E-state index is -1.33. The second-order valence-corrected chi connectivity index (χ2v) is 4.15. The third kappa shape index (κ3) is 3.86. The van der Waals surface area contributed by atoms with E-state index in [1.54, 1.807) is 0 Å². The third-order valence-electron chi connectivity index (χ3n) is 2.62. The number of carboxylic acid groups (broad SMARTS) is 1. The molecule has 7 heteroatoms. The highest BCUT2D eigenvalue weighted by Gasteiger charge is 2.34. The van der Waals surface area contributed by atoms with Crippen molar-refractivity contribution in [3.8, 4) is 0 Å². The van der Waals surface area contributed by atoms with Crippen molar-refractivity contribution in [3.05, 3.63) is 0 Å². The van der Waals surface area contributed by atoms with Gasteiger partial charge in [0.1, 0.15) is 0 Å². The van der Waals surface area contributed by atoms with Crippen molar-refractivity contribution in [2.75, 3.05) is 13.2 Å². The van der Waals surface area contributed by atoms with Crippen LogP contribution in [0.1, 0.15) is 19.8 Å². The van der Waals surface area contributed by atoms with E-state index < -0.39 is 24.1 Å². The van der Waals surface area contributed by atoms with Crippen LogP contribution in [0.15, 0.2) is 0 Å². The molecule has 1 aliphatic carbocycles. The maximum atomic E-state index is 11.8. The smallest absolute Gasteiger partial charge is 0.328 e. The van der Waals surface area contributed by atoms with Crippen molar-refractivity contribution in [2.24, 2.45) is 0 Å². The molecule has 2 amide bonds. The molecule has 0 aromatic heterocycles. The number of hydrogen-bond acceptors (Lipinski definition) is 4. The zero-order chi connectivity index (χ0) is 13.0. The van der Waals surface area contributed by atoms with Crippen LogP contribution in [-0.4, -0.2) is 63.6 Å². The number of urea groups is 1. The summed E-state index contributed by atoms with van der Waals surface area (Å²) in [4.78, 5) is 24.0. The van der Waals surface area contributed by atoms with Crippen LogP contribution < -0.4 is 5.32 Å². The van der Waals surface area contributed by atoms with Gasteiger partial charge in [-0.15, -0.1) is 0 Å². The number of carbonyl (C=O) groups is 2. The molecule has 17 heavy (non-hydrogen) atoms. The van der Waals surface area contributed by atoms with Crippen LogP contribution in [0.25, 0.3) is 0 Å². The van der Waals surface area contributed by atoms with Gasteiger partial charge in [-0.1, -0.05) is 0 Å². The van der Waals surface area contributed by atoms with Gasteiger partial charge >= 0.3 is 12.0 Å². The number of amides is 2. The first-order chi connectivity index (χ1) is 7.97. The highest BCUT2D eigenvalue weighted by molar-refractivity contribution is 5.83. The summed E-state index contributed by atoms with van der Waals surface area (Å²) in [6, 6.07) is -1.82. The molecule has 0 spiro atoms. The zero-order valence-corrected chi connectivity index (χ0v) is 9.67. The number of hydrogen-bond donors (Lipinski definition) is 4. The summed E-state index contributed by atoms with van der Waals surface area (Å²) < 4.78 is 0. The van der Waals surface area contributed by atoms with Gasteiger partial charge in [0.15, 0.2) is 6.04 Å². The van der Waals surface area contributed by atoms with Crippen molar-refractivity contribution in [2.45, 2.75) is 38.0 Å². The quantitative estimate of drug-likeness (QED) is 0.480. The van der Waals surface area contributed by atoms with Crippen LogP contribution >= 0.6 is 0 Å². The number of carbonyl (C=O) groups excluding carboxylic acids is 1. The van der Waals surface area contributed by atoms with Gasteiger partial charge in [0.25, 0.3) is 0 Å². The lowest BCUT2D eigenvalue weighted by atomic mass is 10.2. The van der Waals surface area contributed by atoms with Crippen LogP contribution in [0.3, 0.4) is 0 Å². The lowest BCUT2D eigenvalue weighted by Gasteiger charge is -2.25. The largest absolute Gasteiger partial charge is 0.480 e. The summed E-state index contributed by atoms with van der Waals surface area (Å²) in [5, 5.41) is 29.1. The van der Waals surface area contributed by atoms with Crippen LogP contribution in [0.2, 0.25) is 0 Å². The summed E-state index contributed by atoms with van der Waals surface area (Å²) in [5.41, 5.74) is 0. The second-order valence-electron chi connectivity index (χ2n) is 4.15. The van der Waals surface area contributed by atoms with Crippen molar-refractivity contribution in [3.63, 3.8) is 0 Å². The Balaban J connectivity index is 2.57. The molecule has 0 aromatic carbocycles. The van der Waals surface area contributed by atoms with E-state index in [1.165, 1.54) is 11.8 Å². The van der Waals surface area contributed by atoms with Gasteiger partial charge in [-0.25, -0.2) is 9.59 Å². The molecule has 1 aliphatic rings. The number of rotatable bonds is 6. The first-order valence-corrected chi connectivity index (χ1v) is 5.56. The van der Waals surface area contributed by atoms with Gasteiger partial charge in [0, 0.05) is 12.6 Å². The summed E-state index contributed by atoms with van der Waals surface area (Å²) in [6.45, 7) is 1.30.